The van der Waals surface area contributed by atoms with Gasteiger partial charge in [0.25, 0.3) is 0 Å². The SMILES string of the molecule is C=C(C)CN(CC)C(=O)CCc1ccsc1. The quantitative estimate of drug-likeness (QED) is 0.696. The Hall–Kier alpha value is -1.09. The van der Waals surface area contributed by atoms with E-state index in [1.807, 2.05) is 24.1 Å². The Morgan fingerprint density at radius 2 is 2.31 bits per heavy atom. The summed E-state index contributed by atoms with van der Waals surface area (Å²) in [6.07, 6.45) is 1.44. The molecule has 88 valence electrons. The van der Waals surface area contributed by atoms with Gasteiger partial charge in [0.1, 0.15) is 0 Å². The zero-order valence-corrected chi connectivity index (χ0v) is 10.8. The molecule has 1 heterocycles. The Kier molecular flexibility index (Phi) is 5.26. The van der Waals surface area contributed by atoms with Gasteiger partial charge in [-0.2, -0.15) is 11.3 Å². The summed E-state index contributed by atoms with van der Waals surface area (Å²) in [6, 6.07) is 2.08. The van der Waals surface area contributed by atoms with Gasteiger partial charge in [0.05, 0.1) is 0 Å². The molecule has 0 saturated heterocycles. The van der Waals surface area contributed by atoms with Crippen molar-refractivity contribution in [3.05, 3.63) is 34.5 Å². The molecule has 16 heavy (non-hydrogen) atoms. The van der Waals surface area contributed by atoms with Crippen molar-refractivity contribution < 1.29 is 4.79 Å². The minimum absolute atomic E-state index is 0.219. The van der Waals surface area contributed by atoms with Crippen molar-refractivity contribution >= 4 is 17.2 Å². The molecule has 0 spiro atoms. The molecule has 1 aromatic rings. The van der Waals surface area contributed by atoms with Crippen LogP contribution in [0.15, 0.2) is 29.0 Å². The van der Waals surface area contributed by atoms with Crippen LogP contribution in [0.5, 0.6) is 0 Å². The van der Waals surface area contributed by atoms with Crippen LogP contribution in [0.1, 0.15) is 25.8 Å². The Morgan fingerprint density at radius 3 is 2.81 bits per heavy atom. The molecule has 2 nitrogen and oxygen atoms in total. The summed E-state index contributed by atoms with van der Waals surface area (Å²) < 4.78 is 0. The second kappa shape index (κ2) is 6.48. The van der Waals surface area contributed by atoms with E-state index in [2.05, 4.69) is 18.0 Å². The number of carbonyl (C=O) groups is 1. The molecule has 1 amide bonds. The first-order valence-electron chi connectivity index (χ1n) is 5.56. The number of thiophene rings is 1. The van der Waals surface area contributed by atoms with Crippen LogP contribution < -0.4 is 0 Å². The molecule has 1 rings (SSSR count). The minimum atomic E-state index is 0.219. The lowest BCUT2D eigenvalue weighted by molar-refractivity contribution is -0.130. The molecule has 0 aliphatic rings. The lowest BCUT2D eigenvalue weighted by Gasteiger charge is -2.20. The summed E-state index contributed by atoms with van der Waals surface area (Å²) in [5, 5.41) is 4.15. The molecule has 0 atom stereocenters. The molecule has 0 aromatic carbocycles. The number of rotatable bonds is 6. The van der Waals surface area contributed by atoms with Crippen molar-refractivity contribution in [3.63, 3.8) is 0 Å². The van der Waals surface area contributed by atoms with Gasteiger partial charge in [-0.15, -0.1) is 0 Å². The fourth-order valence-electron chi connectivity index (χ4n) is 1.55. The average molecular weight is 237 g/mol. The maximum atomic E-state index is 11.9. The highest BCUT2D eigenvalue weighted by Gasteiger charge is 2.11. The molecule has 1 aromatic heterocycles. The monoisotopic (exact) mass is 237 g/mol. The van der Waals surface area contributed by atoms with Crippen LogP contribution in [0.4, 0.5) is 0 Å². The average Bonchev–Trinajstić information content (AvgIpc) is 2.75. The van der Waals surface area contributed by atoms with Crippen molar-refractivity contribution in [2.45, 2.75) is 26.7 Å². The Bertz CT molecular complexity index is 343. The number of hydrogen-bond donors (Lipinski definition) is 0. The molecule has 0 saturated carbocycles. The summed E-state index contributed by atoms with van der Waals surface area (Å²) in [6.45, 7) is 9.24. The van der Waals surface area contributed by atoms with Crippen molar-refractivity contribution in [2.75, 3.05) is 13.1 Å². The minimum Gasteiger partial charge on any atom is -0.339 e. The Labute approximate surface area is 102 Å². The normalized spacial score (nSPS) is 10.1. The van der Waals surface area contributed by atoms with Crippen LogP contribution in [0.2, 0.25) is 0 Å². The largest absolute Gasteiger partial charge is 0.339 e. The number of hydrogen-bond acceptors (Lipinski definition) is 2. The van der Waals surface area contributed by atoms with E-state index in [0.29, 0.717) is 13.0 Å². The smallest absolute Gasteiger partial charge is 0.223 e. The lowest BCUT2D eigenvalue weighted by atomic mass is 10.1. The van der Waals surface area contributed by atoms with Crippen LogP contribution in [-0.4, -0.2) is 23.9 Å². The van der Waals surface area contributed by atoms with Gasteiger partial charge in [-0.1, -0.05) is 12.2 Å². The summed E-state index contributed by atoms with van der Waals surface area (Å²) in [7, 11) is 0. The highest BCUT2D eigenvalue weighted by atomic mass is 32.1. The van der Waals surface area contributed by atoms with E-state index in [0.717, 1.165) is 18.5 Å². The third-order valence-electron chi connectivity index (χ3n) is 2.40. The van der Waals surface area contributed by atoms with Crippen LogP contribution in [0.3, 0.4) is 0 Å². The van der Waals surface area contributed by atoms with Crippen LogP contribution in [0, 0.1) is 0 Å². The lowest BCUT2D eigenvalue weighted by Crippen LogP contribution is -2.32. The Morgan fingerprint density at radius 1 is 1.56 bits per heavy atom. The Balaban J connectivity index is 2.40. The van der Waals surface area contributed by atoms with E-state index in [4.69, 9.17) is 0 Å². The number of amides is 1. The molecule has 0 aliphatic carbocycles. The van der Waals surface area contributed by atoms with Crippen LogP contribution >= 0.6 is 11.3 Å². The first kappa shape index (κ1) is 13.0. The molecule has 0 radical (unpaired) electrons. The predicted octanol–water partition coefficient (Wildman–Crippen LogP) is 3.11. The number of nitrogens with zero attached hydrogens (tertiary/aromatic N) is 1. The van der Waals surface area contributed by atoms with Crippen molar-refractivity contribution in [2.24, 2.45) is 0 Å². The highest BCUT2D eigenvalue weighted by molar-refractivity contribution is 7.07. The van der Waals surface area contributed by atoms with Crippen molar-refractivity contribution in [1.29, 1.82) is 0 Å². The van der Waals surface area contributed by atoms with Crippen molar-refractivity contribution in [3.8, 4) is 0 Å². The molecule has 0 unspecified atom stereocenters. The fraction of sp³-hybridized carbons (Fsp3) is 0.462. The molecule has 0 bridgehead atoms. The first-order valence-corrected chi connectivity index (χ1v) is 6.51. The van der Waals surface area contributed by atoms with Gasteiger partial charge in [-0.25, -0.2) is 0 Å². The zero-order chi connectivity index (χ0) is 12.0. The summed E-state index contributed by atoms with van der Waals surface area (Å²) >= 11 is 1.68. The first-order chi connectivity index (χ1) is 7.63. The molecular weight excluding hydrogens is 218 g/mol. The molecule has 0 aliphatic heterocycles. The van der Waals surface area contributed by atoms with Gasteiger partial charge in [0, 0.05) is 19.5 Å². The van der Waals surface area contributed by atoms with Crippen LogP contribution in [0.25, 0.3) is 0 Å². The maximum absolute atomic E-state index is 11.9. The third kappa shape index (κ3) is 4.19. The molecule has 0 fully saturated rings. The fourth-order valence-corrected chi connectivity index (χ4v) is 2.25. The number of aryl methyl sites for hydroxylation is 1. The van der Waals surface area contributed by atoms with Gasteiger partial charge in [-0.05, 0) is 42.7 Å². The van der Waals surface area contributed by atoms with E-state index in [9.17, 15) is 4.79 Å². The van der Waals surface area contributed by atoms with Crippen LogP contribution in [-0.2, 0) is 11.2 Å². The zero-order valence-electron chi connectivity index (χ0n) is 10.0. The third-order valence-corrected chi connectivity index (χ3v) is 3.13. The second-order valence-electron chi connectivity index (χ2n) is 4.00. The van der Waals surface area contributed by atoms with E-state index in [1.165, 1.54) is 5.56 Å². The summed E-state index contributed by atoms with van der Waals surface area (Å²) in [4.78, 5) is 13.7. The van der Waals surface area contributed by atoms with Gasteiger partial charge in [0.2, 0.25) is 5.91 Å². The summed E-state index contributed by atoms with van der Waals surface area (Å²) in [5.74, 6) is 0.219. The van der Waals surface area contributed by atoms with Gasteiger partial charge in [0.15, 0.2) is 0 Å². The highest BCUT2D eigenvalue weighted by Crippen LogP contribution is 2.10. The number of carbonyl (C=O) groups excluding carboxylic acids is 1. The van der Waals surface area contributed by atoms with E-state index >= 15 is 0 Å². The van der Waals surface area contributed by atoms with E-state index in [-0.39, 0.29) is 5.91 Å². The molecule has 0 N–H and O–H groups in total. The van der Waals surface area contributed by atoms with Gasteiger partial charge in [-0.3, -0.25) is 4.79 Å². The molecule has 3 heteroatoms. The number of likely N-dealkylation sites (N-methyl/N-ethyl adjacent to an activating group) is 1. The second-order valence-corrected chi connectivity index (χ2v) is 4.78. The van der Waals surface area contributed by atoms with E-state index < -0.39 is 0 Å². The van der Waals surface area contributed by atoms with Gasteiger partial charge < -0.3 is 4.90 Å². The predicted molar refractivity (Wildman–Crippen MR) is 69.7 cm³/mol. The van der Waals surface area contributed by atoms with Gasteiger partial charge >= 0.3 is 0 Å². The van der Waals surface area contributed by atoms with Crippen molar-refractivity contribution in [1.82, 2.24) is 4.90 Å². The molecular formula is C13H19NOS. The standard InChI is InChI=1S/C13H19NOS/c1-4-14(9-11(2)3)13(15)6-5-12-7-8-16-10-12/h7-8,10H,2,4-6,9H2,1,3H3. The topological polar surface area (TPSA) is 20.3 Å². The van der Waals surface area contributed by atoms with E-state index in [1.54, 1.807) is 11.3 Å². The summed E-state index contributed by atoms with van der Waals surface area (Å²) in [5.41, 5.74) is 2.29. The maximum Gasteiger partial charge on any atom is 0.223 e.